The van der Waals surface area contributed by atoms with Gasteiger partial charge in [-0.25, -0.2) is 0 Å². The smallest absolute Gasteiger partial charge is 0.237 e. The number of hydrogen-bond acceptors (Lipinski definition) is 3. The maximum atomic E-state index is 11.6. The van der Waals surface area contributed by atoms with Crippen LogP contribution in [0.15, 0.2) is 12.4 Å². The molecule has 0 aromatic carbocycles. The molecule has 0 radical (unpaired) electrons. The topological polar surface area (TPSA) is 59.0 Å². The van der Waals surface area contributed by atoms with Crippen LogP contribution in [0.2, 0.25) is 0 Å². The molecule has 5 nitrogen and oxygen atoms in total. The highest BCUT2D eigenvalue weighted by Gasteiger charge is 2.21. The molecule has 1 saturated heterocycles. The maximum absolute atomic E-state index is 11.6. The number of carbonyl (C=O) groups is 1. The van der Waals surface area contributed by atoms with E-state index in [2.05, 4.69) is 15.7 Å². The van der Waals surface area contributed by atoms with Crippen LogP contribution in [-0.4, -0.2) is 34.8 Å². The molecule has 2 rings (SSSR count). The van der Waals surface area contributed by atoms with E-state index in [1.54, 1.807) is 0 Å². The molecule has 2 N–H and O–H groups in total. The fourth-order valence-electron chi connectivity index (χ4n) is 1.91. The lowest BCUT2D eigenvalue weighted by Crippen LogP contribution is -2.41. The predicted molar refractivity (Wildman–Crippen MR) is 61.0 cm³/mol. The first kappa shape index (κ1) is 11.1. The summed E-state index contributed by atoms with van der Waals surface area (Å²) < 4.78 is 1.84. The average Bonchev–Trinajstić information content (AvgIpc) is 2.89. The second-order valence-electron chi connectivity index (χ2n) is 4.22. The number of nitrogens with zero attached hydrogens (tertiary/aromatic N) is 2. The van der Waals surface area contributed by atoms with Crippen molar-refractivity contribution < 1.29 is 4.79 Å². The number of aryl methyl sites for hydroxylation is 1. The van der Waals surface area contributed by atoms with Gasteiger partial charge in [0.15, 0.2) is 0 Å². The van der Waals surface area contributed by atoms with Crippen molar-refractivity contribution in [3.63, 3.8) is 0 Å². The molecular formula is C11H18N4O. The number of hydrogen-bond donors (Lipinski definition) is 2. The number of amides is 1. The summed E-state index contributed by atoms with van der Waals surface area (Å²) >= 11 is 0. The number of carbonyl (C=O) groups excluding carboxylic acids is 1. The van der Waals surface area contributed by atoms with Gasteiger partial charge in [-0.3, -0.25) is 9.48 Å². The van der Waals surface area contributed by atoms with Gasteiger partial charge in [-0.1, -0.05) is 0 Å². The van der Waals surface area contributed by atoms with Gasteiger partial charge in [-0.15, -0.1) is 0 Å². The molecule has 1 atom stereocenters. The van der Waals surface area contributed by atoms with Gasteiger partial charge < -0.3 is 10.6 Å². The molecule has 1 aliphatic rings. The molecule has 0 spiro atoms. The molecule has 2 heterocycles. The van der Waals surface area contributed by atoms with Crippen molar-refractivity contribution in [2.75, 3.05) is 13.1 Å². The minimum atomic E-state index is 0.0133. The van der Waals surface area contributed by atoms with Crippen molar-refractivity contribution >= 4 is 5.91 Å². The number of rotatable bonds is 4. The van der Waals surface area contributed by atoms with E-state index < -0.39 is 0 Å². The number of nitrogens with one attached hydrogen (secondary N) is 2. The second kappa shape index (κ2) is 5.12. The van der Waals surface area contributed by atoms with Crippen molar-refractivity contribution in [1.82, 2.24) is 20.4 Å². The van der Waals surface area contributed by atoms with Crippen LogP contribution in [0.4, 0.5) is 0 Å². The van der Waals surface area contributed by atoms with Crippen molar-refractivity contribution in [2.45, 2.75) is 32.4 Å². The molecule has 88 valence electrons. The molecule has 0 unspecified atom stereocenters. The second-order valence-corrected chi connectivity index (χ2v) is 4.22. The Morgan fingerprint density at radius 3 is 3.25 bits per heavy atom. The number of aromatic nitrogens is 2. The standard InChI is InChI=1S/C11H18N4O/c1-9-7-14-15(8-9)6-5-13-11(16)10-3-2-4-12-10/h7-8,10,12H,2-6H2,1H3,(H,13,16)/t10-/m0/s1. The molecular weight excluding hydrogens is 204 g/mol. The van der Waals surface area contributed by atoms with Gasteiger partial charge in [-0.05, 0) is 31.9 Å². The van der Waals surface area contributed by atoms with Gasteiger partial charge in [0.1, 0.15) is 0 Å². The van der Waals surface area contributed by atoms with Crippen LogP contribution in [0.25, 0.3) is 0 Å². The minimum Gasteiger partial charge on any atom is -0.353 e. The molecule has 0 saturated carbocycles. The lowest BCUT2D eigenvalue weighted by Gasteiger charge is -2.10. The summed E-state index contributed by atoms with van der Waals surface area (Å²) in [7, 11) is 0. The Bertz CT molecular complexity index is 355. The van der Waals surface area contributed by atoms with Crippen LogP contribution in [0.3, 0.4) is 0 Å². The van der Waals surface area contributed by atoms with Crippen molar-refractivity contribution in [3.05, 3.63) is 18.0 Å². The van der Waals surface area contributed by atoms with Crippen molar-refractivity contribution in [1.29, 1.82) is 0 Å². The zero-order valence-corrected chi connectivity index (χ0v) is 9.57. The lowest BCUT2D eigenvalue weighted by atomic mass is 10.2. The molecule has 5 heteroatoms. The minimum absolute atomic E-state index is 0.0133. The Labute approximate surface area is 95.2 Å². The van der Waals surface area contributed by atoms with E-state index in [1.807, 2.05) is 24.0 Å². The zero-order chi connectivity index (χ0) is 11.4. The van der Waals surface area contributed by atoms with Gasteiger partial charge in [0.05, 0.1) is 18.8 Å². The normalized spacial score (nSPS) is 19.9. The van der Waals surface area contributed by atoms with E-state index in [-0.39, 0.29) is 11.9 Å². The van der Waals surface area contributed by atoms with Crippen molar-refractivity contribution in [3.8, 4) is 0 Å². The first-order valence-electron chi connectivity index (χ1n) is 5.76. The third-order valence-corrected chi connectivity index (χ3v) is 2.78. The Kier molecular flexibility index (Phi) is 3.56. The van der Waals surface area contributed by atoms with E-state index in [4.69, 9.17) is 0 Å². The van der Waals surface area contributed by atoms with Gasteiger partial charge in [0.25, 0.3) is 0 Å². The lowest BCUT2D eigenvalue weighted by molar-refractivity contribution is -0.122. The van der Waals surface area contributed by atoms with E-state index in [1.165, 1.54) is 0 Å². The summed E-state index contributed by atoms with van der Waals surface area (Å²) in [5, 5.41) is 10.3. The quantitative estimate of drug-likeness (QED) is 0.757. The van der Waals surface area contributed by atoms with Gasteiger partial charge >= 0.3 is 0 Å². The van der Waals surface area contributed by atoms with Crippen LogP contribution >= 0.6 is 0 Å². The van der Waals surface area contributed by atoms with Crippen molar-refractivity contribution in [2.24, 2.45) is 0 Å². The van der Waals surface area contributed by atoms with Gasteiger partial charge in [0, 0.05) is 12.7 Å². The molecule has 1 fully saturated rings. The highest BCUT2D eigenvalue weighted by Crippen LogP contribution is 2.04. The van der Waals surface area contributed by atoms with E-state index in [9.17, 15) is 4.79 Å². The Hall–Kier alpha value is -1.36. The van der Waals surface area contributed by atoms with Crippen LogP contribution in [0, 0.1) is 6.92 Å². The Balaban J connectivity index is 1.69. The van der Waals surface area contributed by atoms with E-state index >= 15 is 0 Å². The molecule has 1 aromatic rings. The van der Waals surface area contributed by atoms with Gasteiger partial charge in [-0.2, -0.15) is 5.10 Å². The summed E-state index contributed by atoms with van der Waals surface area (Å²) in [6.45, 7) is 4.32. The summed E-state index contributed by atoms with van der Waals surface area (Å²) in [6.07, 6.45) is 5.84. The Morgan fingerprint density at radius 1 is 1.75 bits per heavy atom. The fourth-order valence-corrected chi connectivity index (χ4v) is 1.91. The van der Waals surface area contributed by atoms with E-state index in [0.29, 0.717) is 6.54 Å². The summed E-state index contributed by atoms with van der Waals surface area (Å²) in [4.78, 5) is 11.6. The van der Waals surface area contributed by atoms with Gasteiger partial charge in [0.2, 0.25) is 5.91 Å². The highest BCUT2D eigenvalue weighted by atomic mass is 16.2. The first-order chi connectivity index (χ1) is 7.75. The zero-order valence-electron chi connectivity index (χ0n) is 9.57. The molecule has 1 aliphatic heterocycles. The third kappa shape index (κ3) is 2.82. The summed E-state index contributed by atoms with van der Waals surface area (Å²) in [5.74, 6) is 0.112. The predicted octanol–water partition coefficient (Wildman–Crippen LogP) is 0.0597. The average molecular weight is 222 g/mol. The summed E-state index contributed by atoms with van der Waals surface area (Å²) in [5.41, 5.74) is 1.14. The van der Waals surface area contributed by atoms with Crippen LogP contribution in [0.5, 0.6) is 0 Å². The molecule has 1 aromatic heterocycles. The highest BCUT2D eigenvalue weighted by molar-refractivity contribution is 5.81. The molecule has 0 bridgehead atoms. The monoisotopic (exact) mass is 222 g/mol. The Morgan fingerprint density at radius 2 is 2.62 bits per heavy atom. The van der Waals surface area contributed by atoms with E-state index in [0.717, 1.165) is 31.5 Å². The van der Waals surface area contributed by atoms with Crippen LogP contribution in [-0.2, 0) is 11.3 Å². The third-order valence-electron chi connectivity index (χ3n) is 2.78. The largest absolute Gasteiger partial charge is 0.353 e. The van der Waals surface area contributed by atoms with Crippen LogP contribution in [0.1, 0.15) is 18.4 Å². The molecule has 1 amide bonds. The molecule has 0 aliphatic carbocycles. The first-order valence-corrected chi connectivity index (χ1v) is 5.76. The summed E-state index contributed by atoms with van der Waals surface area (Å²) in [6, 6.07) is 0.0133. The maximum Gasteiger partial charge on any atom is 0.237 e. The SMILES string of the molecule is Cc1cnn(CCNC(=O)[C@@H]2CCCN2)c1. The molecule has 16 heavy (non-hydrogen) atoms. The van der Waals surface area contributed by atoms with Crippen LogP contribution < -0.4 is 10.6 Å². The fraction of sp³-hybridized carbons (Fsp3) is 0.636.